The second-order valence-corrected chi connectivity index (χ2v) is 5.65. The summed E-state index contributed by atoms with van der Waals surface area (Å²) in [6.45, 7) is 4.32. The van der Waals surface area contributed by atoms with Gasteiger partial charge in [0, 0.05) is 17.1 Å². The average molecular weight is 290 g/mol. The van der Waals surface area contributed by atoms with E-state index in [0.717, 1.165) is 11.4 Å². The van der Waals surface area contributed by atoms with Crippen LogP contribution >= 0.6 is 11.6 Å². The van der Waals surface area contributed by atoms with Crippen LogP contribution in [0.1, 0.15) is 31.0 Å². The Labute approximate surface area is 125 Å². The molecule has 3 heteroatoms. The Morgan fingerprint density at radius 2 is 1.60 bits per heavy atom. The second kappa shape index (κ2) is 6.78. The quantitative estimate of drug-likeness (QED) is 0.859. The molecule has 106 valence electrons. The van der Waals surface area contributed by atoms with Gasteiger partial charge in [0.25, 0.3) is 0 Å². The predicted octanol–water partition coefficient (Wildman–Crippen LogP) is 4.33. The van der Waals surface area contributed by atoms with Crippen LogP contribution in [-0.4, -0.2) is 11.1 Å². The monoisotopic (exact) mass is 289 g/mol. The molecule has 2 nitrogen and oxygen atoms in total. The van der Waals surface area contributed by atoms with Crippen molar-refractivity contribution in [3.8, 4) is 5.75 Å². The van der Waals surface area contributed by atoms with E-state index >= 15 is 0 Å². The molecule has 0 saturated carbocycles. The van der Waals surface area contributed by atoms with Crippen LogP contribution in [0.2, 0.25) is 5.02 Å². The Kier molecular flexibility index (Phi) is 5.05. The third-order valence-corrected chi connectivity index (χ3v) is 3.63. The van der Waals surface area contributed by atoms with Crippen molar-refractivity contribution in [2.75, 3.05) is 0 Å². The van der Waals surface area contributed by atoms with E-state index in [9.17, 15) is 5.11 Å². The van der Waals surface area contributed by atoms with Crippen molar-refractivity contribution < 1.29 is 5.11 Å². The highest BCUT2D eigenvalue weighted by molar-refractivity contribution is 6.30. The third-order valence-electron chi connectivity index (χ3n) is 3.38. The van der Waals surface area contributed by atoms with E-state index in [2.05, 4.69) is 19.2 Å². The highest BCUT2D eigenvalue weighted by Crippen LogP contribution is 2.17. The van der Waals surface area contributed by atoms with Crippen LogP contribution in [0.3, 0.4) is 0 Å². The molecule has 2 aromatic rings. The van der Waals surface area contributed by atoms with Crippen molar-refractivity contribution in [1.82, 2.24) is 5.32 Å². The molecule has 0 amide bonds. The highest BCUT2D eigenvalue weighted by Gasteiger charge is 2.10. The van der Waals surface area contributed by atoms with Gasteiger partial charge < -0.3 is 10.4 Å². The minimum absolute atomic E-state index is 0.277. The van der Waals surface area contributed by atoms with Crippen molar-refractivity contribution in [2.24, 2.45) is 0 Å². The molecular weight excluding hydrogens is 270 g/mol. The van der Waals surface area contributed by atoms with Gasteiger partial charge in [0.1, 0.15) is 5.75 Å². The first kappa shape index (κ1) is 14.9. The summed E-state index contributed by atoms with van der Waals surface area (Å²) in [7, 11) is 0. The summed E-state index contributed by atoms with van der Waals surface area (Å²) >= 11 is 5.90. The summed E-state index contributed by atoms with van der Waals surface area (Å²) < 4.78 is 0. The molecule has 0 aliphatic rings. The van der Waals surface area contributed by atoms with Crippen LogP contribution in [0.25, 0.3) is 0 Å². The Balaban J connectivity index is 1.92. The zero-order chi connectivity index (χ0) is 14.5. The predicted molar refractivity (Wildman–Crippen MR) is 84.3 cm³/mol. The van der Waals surface area contributed by atoms with Gasteiger partial charge in [0.15, 0.2) is 0 Å². The van der Waals surface area contributed by atoms with Crippen LogP contribution < -0.4 is 5.32 Å². The van der Waals surface area contributed by atoms with Gasteiger partial charge in [-0.1, -0.05) is 35.9 Å². The van der Waals surface area contributed by atoms with E-state index in [1.807, 2.05) is 36.4 Å². The smallest absolute Gasteiger partial charge is 0.115 e. The lowest BCUT2D eigenvalue weighted by Gasteiger charge is -2.20. The van der Waals surface area contributed by atoms with Crippen molar-refractivity contribution in [2.45, 2.75) is 32.4 Å². The molecule has 1 unspecified atom stereocenters. The van der Waals surface area contributed by atoms with Gasteiger partial charge >= 0.3 is 0 Å². The molecule has 0 aliphatic carbocycles. The largest absolute Gasteiger partial charge is 0.508 e. The van der Waals surface area contributed by atoms with Gasteiger partial charge in [-0.15, -0.1) is 0 Å². The second-order valence-electron chi connectivity index (χ2n) is 5.21. The first-order valence-electron chi connectivity index (χ1n) is 6.84. The standard InChI is InChI=1S/C17H20ClNO/c1-12(11-14-3-9-17(20)10-4-14)19-13(2)15-5-7-16(18)8-6-15/h3-10,12-13,19-20H,11H2,1-2H3/t12?,13-/m1/s1. The number of phenolic OH excluding ortho intramolecular Hbond substituents is 1. The van der Waals surface area contributed by atoms with Crippen LogP contribution in [0, 0.1) is 0 Å². The molecule has 2 atom stereocenters. The number of hydrogen-bond donors (Lipinski definition) is 2. The van der Waals surface area contributed by atoms with Gasteiger partial charge in [0.2, 0.25) is 0 Å². The molecule has 2 aromatic carbocycles. The lowest BCUT2D eigenvalue weighted by molar-refractivity contribution is 0.470. The molecule has 0 radical (unpaired) electrons. The minimum atomic E-state index is 0.277. The molecule has 0 aromatic heterocycles. The maximum atomic E-state index is 9.28. The molecule has 2 rings (SSSR count). The number of aromatic hydroxyl groups is 1. The van der Waals surface area contributed by atoms with Crippen molar-refractivity contribution in [3.63, 3.8) is 0 Å². The first-order chi connectivity index (χ1) is 9.54. The van der Waals surface area contributed by atoms with Crippen LogP contribution in [0.4, 0.5) is 0 Å². The molecule has 0 fully saturated rings. The molecule has 0 aliphatic heterocycles. The number of nitrogens with one attached hydrogen (secondary N) is 1. The third kappa shape index (κ3) is 4.26. The van der Waals surface area contributed by atoms with E-state index < -0.39 is 0 Å². The normalized spacial score (nSPS) is 13.9. The number of phenols is 1. The number of benzene rings is 2. The minimum Gasteiger partial charge on any atom is -0.508 e. The Bertz CT molecular complexity index is 536. The van der Waals surface area contributed by atoms with E-state index in [4.69, 9.17) is 11.6 Å². The number of rotatable bonds is 5. The lowest BCUT2D eigenvalue weighted by Crippen LogP contribution is -2.30. The van der Waals surface area contributed by atoms with Gasteiger partial charge in [0.05, 0.1) is 0 Å². The van der Waals surface area contributed by atoms with E-state index in [-0.39, 0.29) is 6.04 Å². The topological polar surface area (TPSA) is 32.3 Å². The van der Waals surface area contributed by atoms with Gasteiger partial charge in [-0.25, -0.2) is 0 Å². The summed E-state index contributed by atoms with van der Waals surface area (Å²) in [6.07, 6.45) is 0.929. The first-order valence-corrected chi connectivity index (χ1v) is 7.22. The summed E-state index contributed by atoms with van der Waals surface area (Å²) in [4.78, 5) is 0. The molecule has 0 saturated heterocycles. The fourth-order valence-corrected chi connectivity index (χ4v) is 2.44. The van der Waals surface area contributed by atoms with E-state index in [1.165, 1.54) is 11.1 Å². The lowest BCUT2D eigenvalue weighted by atomic mass is 10.0. The maximum Gasteiger partial charge on any atom is 0.115 e. The van der Waals surface area contributed by atoms with Crippen LogP contribution in [0.5, 0.6) is 5.75 Å². The Morgan fingerprint density at radius 3 is 2.20 bits per heavy atom. The summed E-state index contributed by atoms with van der Waals surface area (Å²) in [6, 6.07) is 15.9. The van der Waals surface area contributed by atoms with Gasteiger partial charge in [-0.05, 0) is 55.7 Å². The average Bonchev–Trinajstić information content (AvgIpc) is 2.42. The summed E-state index contributed by atoms with van der Waals surface area (Å²) in [5, 5.41) is 13.6. The highest BCUT2D eigenvalue weighted by atomic mass is 35.5. The van der Waals surface area contributed by atoms with Crippen molar-refractivity contribution in [3.05, 3.63) is 64.7 Å². The number of halogens is 1. The fourth-order valence-electron chi connectivity index (χ4n) is 2.32. The van der Waals surface area contributed by atoms with Crippen LogP contribution in [0.15, 0.2) is 48.5 Å². The zero-order valence-corrected chi connectivity index (χ0v) is 12.6. The van der Waals surface area contributed by atoms with E-state index in [1.54, 1.807) is 12.1 Å². The molecule has 0 spiro atoms. The van der Waals surface area contributed by atoms with Gasteiger partial charge in [-0.2, -0.15) is 0 Å². The van der Waals surface area contributed by atoms with Gasteiger partial charge in [-0.3, -0.25) is 0 Å². The van der Waals surface area contributed by atoms with Crippen LogP contribution in [-0.2, 0) is 6.42 Å². The Hall–Kier alpha value is -1.51. The SMILES string of the molecule is CC(Cc1ccc(O)cc1)N[C@H](C)c1ccc(Cl)cc1. The molecule has 2 N–H and O–H groups in total. The number of hydrogen-bond acceptors (Lipinski definition) is 2. The summed E-state index contributed by atoms with van der Waals surface area (Å²) in [5.74, 6) is 0.309. The fraction of sp³-hybridized carbons (Fsp3) is 0.294. The molecule has 0 heterocycles. The molecule has 20 heavy (non-hydrogen) atoms. The van der Waals surface area contributed by atoms with Crippen molar-refractivity contribution in [1.29, 1.82) is 0 Å². The summed E-state index contributed by atoms with van der Waals surface area (Å²) in [5.41, 5.74) is 2.44. The molecular formula is C17H20ClNO. The Morgan fingerprint density at radius 1 is 1.00 bits per heavy atom. The van der Waals surface area contributed by atoms with Crippen molar-refractivity contribution >= 4 is 11.6 Å². The molecule has 0 bridgehead atoms. The van der Waals surface area contributed by atoms with E-state index in [0.29, 0.717) is 11.8 Å². The zero-order valence-electron chi connectivity index (χ0n) is 11.8. The maximum absolute atomic E-state index is 9.28.